The van der Waals surface area contributed by atoms with E-state index in [1.165, 1.54) is 11.3 Å². The van der Waals surface area contributed by atoms with Crippen LogP contribution in [0.15, 0.2) is 30.3 Å². The van der Waals surface area contributed by atoms with Gasteiger partial charge in [-0.25, -0.2) is 4.98 Å². The zero-order chi connectivity index (χ0) is 14.7. The number of nitrogen functional groups attached to an aromatic ring is 1. The van der Waals surface area contributed by atoms with Crippen molar-refractivity contribution in [2.75, 3.05) is 24.7 Å². The molecule has 0 radical (unpaired) electrons. The van der Waals surface area contributed by atoms with Gasteiger partial charge in [0, 0.05) is 19.8 Å². The Balaban J connectivity index is 2.13. The molecule has 0 spiro atoms. The predicted octanol–water partition coefficient (Wildman–Crippen LogP) is 3.00. The third kappa shape index (κ3) is 3.24. The van der Waals surface area contributed by atoms with Crippen molar-refractivity contribution in [1.29, 1.82) is 0 Å². The van der Waals surface area contributed by atoms with Gasteiger partial charge >= 0.3 is 0 Å². The molecule has 0 unspecified atom stereocenters. The normalized spacial score (nSPS) is 10.9. The highest BCUT2D eigenvalue weighted by atomic mass is 32.1. The standard InChI is InChI=1S/C15H17N3OS/c1-10-14(20-15(16)17-10)13(19)9-6-11-4-7-12(8-5-11)18(2)3/h4-9H,1-3H3,(H2,16,17)/b9-6+. The smallest absolute Gasteiger partial charge is 0.197 e. The summed E-state index contributed by atoms with van der Waals surface area (Å²) >= 11 is 1.22. The molecule has 0 aliphatic heterocycles. The number of carbonyl (C=O) groups excluding carboxylic acids is 1. The van der Waals surface area contributed by atoms with E-state index in [4.69, 9.17) is 5.73 Å². The number of benzene rings is 1. The summed E-state index contributed by atoms with van der Waals surface area (Å²) in [6, 6.07) is 7.99. The Morgan fingerprint density at radius 1 is 1.30 bits per heavy atom. The second-order valence-corrected chi connectivity index (χ2v) is 5.68. The summed E-state index contributed by atoms with van der Waals surface area (Å²) in [6.45, 7) is 1.79. The quantitative estimate of drug-likeness (QED) is 0.693. The van der Waals surface area contributed by atoms with Crippen molar-refractivity contribution in [2.45, 2.75) is 6.92 Å². The molecule has 20 heavy (non-hydrogen) atoms. The molecule has 0 aliphatic rings. The van der Waals surface area contributed by atoms with Crippen molar-refractivity contribution in [2.24, 2.45) is 0 Å². The van der Waals surface area contributed by atoms with Crippen molar-refractivity contribution >= 4 is 34.0 Å². The lowest BCUT2D eigenvalue weighted by Gasteiger charge is -2.11. The van der Waals surface area contributed by atoms with Gasteiger partial charge in [-0.2, -0.15) is 0 Å². The average molecular weight is 287 g/mol. The maximum Gasteiger partial charge on any atom is 0.197 e. The maximum atomic E-state index is 12.0. The fourth-order valence-corrected chi connectivity index (χ4v) is 2.53. The topological polar surface area (TPSA) is 59.2 Å². The zero-order valence-electron chi connectivity index (χ0n) is 11.8. The second kappa shape index (κ2) is 5.88. The number of hydrogen-bond donors (Lipinski definition) is 1. The van der Waals surface area contributed by atoms with Crippen molar-refractivity contribution in [3.63, 3.8) is 0 Å². The Hall–Kier alpha value is -2.14. The molecular weight excluding hydrogens is 270 g/mol. The zero-order valence-corrected chi connectivity index (χ0v) is 12.6. The van der Waals surface area contributed by atoms with Crippen molar-refractivity contribution in [3.8, 4) is 0 Å². The molecule has 0 aliphatic carbocycles. The molecule has 0 atom stereocenters. The molecule has 0 saturated heterocycles. The molecule has 0 fully saturated rings. The van der Waals surface area contributed by atoms with Crippen LogP contribution in [0.25, 0.3) is 6.08 Å². The fraction of sp³-hybridized carbons (Fsp3) is 0.200. The highest BCUT2D eigenvalue weighted by Crippen LogP contribution is 2.21. The van der Waals surface area contributed by atoms with Crippen LogP contribution >= 0.6 is 11.3 Å². The molecule has 104 valence electrons. The van der Waals surface area contributed by atoms with Crippen LogP contribution in [0.2, 0.25) is 0 Å². The van der Waals surface area contributed by atoms with E-state index in [0.29, 0.717) is 15.7 Å². The summed E-state index contributed by atoms with van der Waals surface area (Å²) in [5.74, 6) is -0.0617. The molecule has 1 aromatic carbocycles. The van der Waals surface area contributed by atoms with Gasteiger partial charge in [0.1, 0.15) is 0 Å². The van der Waals surface area contributed by atoms with E-state index in [0.717, 1.165) is 11.3 Å². The molecule has 1 aromatic heterocycles. The molecule has 5 heteroatoms. The summed E-state index contributed by atoms with van der Waals surface area (Å²) in [5.41, 5.74) is 8.39. The number of ketones is 1. The summed E-state index contributed by atoms with van der Waals surface area (Å²) < 4.78 is 0. The van der Waals surface area contributed by atoms with E-state index in [-0.39, 0.29) is 5.78 Å². The summed E-state index contributed by atoms with van der Waals surface area (Å²) in [5, 5.41) is 0.426. The van der Waals surface area contributed by atoms with Gasteiger partial charge in [0.15, 0.2) is 10.9 Å². The third-order valence-electron chi connectivity index (χ3n) is 2.87. The predicted molar refractivity (Wildman–Crippen MR) is 85.4 cm³/mol. The number of hydrogen-bond acceptors (Lipinski definition) is 5. The number of aryl methyl sites for hydroxylation is 1. The van der Waals surface area contributed by atoms with Crippen LogP contribution in [0.1, 0.15) is 20.9 Å². The van der Waals surface area contributed by atoms with Crippen LogP contribution in [-0.4, -0.2) is 24.9 Å². The van der Waals surface area contributed by atoms with Gasteiger partial charge in [-0.3, -0.25) is 4.79 Å². The number of rotatable bonds is 4. The Kier molecular flexibility index (Phi) is 4.20. The first kappa shape index (κ1) is 14.3. The number of nitrogens with two attached hydrogens (primary N) is 1. The molecule has 1 heterocycles. The molecule has 2 aromatic rings. The molecule has 0 saturated carbocycles. The maximum absolute atomic E-state index is 12.0. The monoisotopic (exact) mass is 287 g/mol. The van der Waals surface area contributed by atoms with E-state index in [1.807, 2.05) is 43.3 Å². The van der Waals surface area contributed by atoms with E-state index >= 15 is 0 Å². The highest BCUT2D eigenvalue weighted by Gasteiger charge is 2.11. The second-order valence-electron chi connectivity index (χ2n) is 4.65. The molecule has 2 rings (SSSR count). The first-order valence-corrected chi connectivity index (χ1v) is 7.01. The van der Waals surface area contributed by atoms with E-state index < -0.39 is 0 Å². The van der Waals surface area contributed by atoms with E-state index in [1.54, 1.807) is 19.1 Å². The molecule has 4 nitrogen and oxygen atoms in total. The van der Waals surface area contributed by atoms with Gasteiger partial charge in [0.2, 0.25) is 0 Å². The number of allylic oxidation sites excluding steroid dienone is 1. The lowest BCUT2D eigenvalue weighted by molar-refractivity contribution is 0.105. The highest BCUT2D eigenvalue weighted by molar-refractivity contribution is 7.17. The first-order chi connectivity index (χ1) is 9.47. The largest absolute Gasteiger partial charge is 0.378 e. The Bertz CT molecular complexity index is 642. The number of thiazole rings is 1. The number of nitrogens with zero attached hydrogens (tertiary/aromatic N) is 2. The lowest BCUT2D eigenvalue weighted by atomic mass is 10.1. The van der Waals surface area contributed by atoms with Crippen LogP contribution in [0, 0.1) is 6.92 Å². The summed E-state index contributed by atoms with van der Waals surface area (Å²) in [4.78, 5) is 18.7. The van der Waals surface area contributed by atoms with Crippen molar-refractivity contribution < 1.29 is 4.79 Å². The van der Waals surface area contributed by atoms with Gasteiger partial charge in [-0.05, 0) is 30.7 Å². The third-order valence-corrected chi connectivity index (χ3v) is 3.87. The Morgan fingerprint density at radius 2 is 1.95 bits per heavy atom. The van der Waals surface area contributed by atoms with Crippen LogP contribution in [-0.2, 0) is 0 Å². The van der Waals surface area contributed by atoms with Crippen molar-refractivity contribution in [3.05, 3.63) is 46.5 Å². The molecule has 0 bridgehead atoms. The molecule has 2 N–H and O–H groups in total. The van der Waals surface area contributed by atoms with Gasteiger partial charge in [0.25, 0.3) is 0 Å². The lowest BCUT2D eigenvalue weighted by Crippen LogP contribution is -2.07. The van der Waals surface area contributed by atoms with Crippen LogP contribution in [0.5, 0.6) is 0 Å². The minimum Gasteiger partial charge on any atom is -0.378 e. The Morgan fingerprint density at radius 3 is 2.45 bits per heavy atom. The van der Waals surface area contributed by atoms with E-state index in [9.17, 15) is 4.79 Å². The summed E-state index contributed by atoms with van der Waals surface area (Å²) in [7, 11) is 3.98. The average Bonchev–Trinajstić information content (AvgIpc) is 2.75. The summed E-state index contributed by atoms with van der Waals surface area (Å²) in [6.07, 6.45) is 3.36. The minimum atomic E-state index is -0.0617. The molecular formula is C15H17N3OS. The van der Waals surface area contributed by atoms with Gasteiger partial charge < -0.3 is 10.6 Å². The minimum absolute atomic E-state index is 0.0617. The Labute approximate surface area is 122 Å². The van der Waals surface area contributed by atoms with Crippen LogP contribution in [0.4, 0.5) is 10.8 Å². The molecule has 0 amide bonds. The SMILES string of the molecule is Cc1nc(N)sc1C(=O)/C=C/c1ccc(N(C)C)cc1. The van der Waals surface area contributed by atoms with Crippen LogP contribution < -0.4 is 10.6 Å². The van der Waals surface area contributed by atoms with Crippen LogP contribution in [0.3, 0.4) is 0 Å². The van der Waals surface area contributed by atoms with Gasteiger partial charge in [-0.15, -0.1) is 0 Å². The van der Waals surface area contributed by atoms with Crippen molar-refractivity contribution in [1.82, 2.24) is 4.98 Å². The van der Waals surface area contributed by atoms with Gasteiger partial charge in [0.05, 0.1) is 10.6 Å². The number of carbonyl (C=O) groups is 1. The number of anilines is 2. The van der Waals surface area contributed by atoms with Gasteiger partial charge in [-0.1, -0.05) is 29.5 Å². The first-order valence-electron chi connectivity index (χ1n) is 6.20. The fourth-order valence-electron chi connectivity index (χ4n) is 1.78. The van der Waals surface area contributed by atoms with E-state index in [2.05, 4.69) is 4.98 Å². The number of aromatic nitrogens is 1.